The lowest BCUT2D eigenvalue weighted by Crippen LogP contribution is -2.57. The first-order chi connectivity index (χ1) is 19.5. The average Bonchev–Trinajstić information content (AvgIpc) is 2.92. The summed E-state index contributed by atoms with van der Waals surface area (Å²) in [6, 6.07) is 1.87. The number of carbonyl (C=O) groups is 5. The Balaban J connectivity index is 2.36. The van der Waals surface area contributed by atoms with Gasteiger partial charge in [-0.1, -0.05) is 12.1 Å². The van der Waals surface area contributed by atoms with Crippen LogP contribution < -0.4 is 43.8 Å². The Hall–Kier alpha value is -4.40. The molecule has 15 heteroatoms. The molecular formula is C26H41N9O6. The standard InChI is InChI=1S/C26H41N9O6/c1-15-22(38)35-20(13-16-7-9-17(36)10-8-16)25(41)34-19(5-2-3-11-27)24(40)33-18(6-4-12-30-26(28)29)23(39)31-14-21(37)32-15/h7-10,15,18-20,36H,2-6,11-14,27H2,1H3,(H,31,39)(H,32,37)(H,33,40)(H,34,41)(H,35,38)(H4,28,29,30)/t15-,18-,19-,20?/m0/s1. The summed E-state index contributed by atoms with van der Waals surface area (Å²) >= 11 is 0. The van der Waals surface area contributed by atoms with Crippen molar-refractivity contribution in [2.24, 2.45) is 22.2 Å². The van der Waals surface area contributed by atoms with E-state index in [1.54, 1.807) is 12.1 Å². The Morgan fingerprint density at radius 2 is 1.41 bits per heavy atom. The highest BCUT2D eigenvalue weighted by molar-refractivity contribution is 5.97. The molecule has 1 aromatic carbocycles. The quantitative estimate of drug-likeness (QED) is 0.0792. The third-order valence-electron chi connectivity index (χ3n) is 6.36. The van der Waals surface area contributed by atoms with Crippen LogP contribution in [0.25, 0.3) is 0 Å². The topological polar surface area (TPSA) is 256 Å². The van der Waals surface area contributed by atoms with Crippen LogP contribution in [0.1, 0.15) is 44.6 Å². The van der Waals surface area contributed by atoms with Crippen LogP contribution >= 0.6 is 0 Å². The maximum atomic E-state index is 13.5. The molecule has 0 radical (unpaired) electrons. The second-order valence-corrected chi connectivity index (χ2v) is 9.79. The van der Waals surface area contributed by atoms with Gasteiger partial charge in [0, 0.05) is 13.0 Å². The first-order valence-electron chi connectivity index (χ1n) is 13.5. The molecule has 1 saturated heterocycles. The summed E-state index contributed by atoms with van der Waals surface area (Å²) in [5.41, 5.74) is 17.0. The van der Waals surface area contributed by atoms with Crippen molar-refractivity contribution >= 4 is 35.5 Å². The first-order valence-corrected chi connectivity index (χ1v) is 13.5. The molecule has 41 heavy (non-hydrogen) atoms. The third-order valence-corrected chi connectivity index (χ3v) is 6.36. The zero-order valence-electron chi connectivity index (χ0n) is 23.2. The maximum Gasteiger partial charge on any atom is 0.243 e. The lowest BCUT2D eigenvalue weighted by atomic mass is 10.0. The van der Waals surface area contributed by atoms with Crippen molar-refractivity contribution in [3.8, 4) is 5.75 Å². The summed E-state index contributed by atoms with van der Waals surface area (Å²) in [5, 5.41) is 22.6. The predicted octanol–water partition coefficient (Wildman–Crippen LogP) is -2.79. The number of rotatable bonds is 10. The van der Waals surface area contributed by atoms with Gasteiger partial charge in [0.25, 0.3) is 0 Å². The zero-order chi connectivity index (χ0) is 30.4. The second kappa shape index (κ2) is 16.6. The van der Waals surface area contributed by atoms with E-state index in [1.165, 1.54) is 19.1 Å². The monoisotopic (exact) mass is 575 g/mol. The summed E-state index contributed by atoms with van der Waals surface area (Å²) in [7, 11) is 0. The van der Waals surface area contributed by atoms with Gasteiger partial charge < -0.3 is 48.9 Å². The number of amides is 5. The van der Waals surface area contributed by atoms with Gasteiger partial charge in [-0.25, -0.2) is 0 Å². The number of nitrogens with two attached hydrogens (primary N) is 3. The highest BCUT2D eigenvalue weighted by Crippen LogP contribution is 2.12. The molecule has 0 bridgehead atoms. The Bertz CT molecular complexity index is 1090. The van der Waals surface area contributed by atoms with Gasteiger partial charge in [0.15, 0.2) is 5.96 Å². The zero-order valence-corrected chi connectivity index (χ0v) is 23.2. The third kappa shape index (κ3) is 11.7. The van der Waals surface area contributed by atoms with Gasteiger partial charge in [0.1, 0.15) is 29.9 Å². The lowest BCUT2D eigenvalue weighted by Gasteiger charge is -2.25. The van der Waals surface area contributed by atoms with Gasteiger partial charge in [-0.3, -0.25) is 29.0 Å². The Kier molecular flexibility index (Phi) is 13.3. The van der Waals surface area contributed by atoms with E-state index >= 15 is 0 Å². The van der Waals surface area contributed by atoms with Crippen LogP contribution in [0, 0.1) is 0 Å². The van der Waals surface area contributed by atoms with E-state index in [4.69, 9.17) is 17.2 Å². The Morgan fingerprint density at radius 1 is 0.829 bits per heavy atom. The fourth-order valence-corrected chi connectivity index (χ4v) is 4.10. The molecule has 0 spiro atoms. The smallest absolute Gasteiger partial charge is 0.243 e. The van der Waals surface area contributed by atoms with Gasteiger partial charge in [-0.15, -0.1) is 0 Å². The molecule has 0 aromatic heterocycles. The fourth-order valence-electron chi connectivity index (χ4n) is 4.10. The maximum absolute atomic E-state index is 13.5. The van der Waals surface area contributed by atoms with Gasteiger partial charge >= 0.3 is 0 Å². The molecule has 1 aromatic rings. The fraction of sp³-hybridized carbons (Fsp3) is 0.538. The molecule has 226 valence electrons. The number of benzene rings is 1. The second-order valence-electron chi connectivity index (χ2n) is 9.79. The van der Waals surface area contributed by atoms with Crippen LogP contribution in [-0.4, -0.2) is 84.4 Å². The number of nitrogens with zero attached hydrogens (tertiary/aromatic N) is 1. The molecule has 1 heterocycles. The van der Waals surface area contributed by atoms with Crippen LogP contribution in [0.5, 0.6) is 5.75 Å². The number of hydrogen-bond acceptors (Lipinski definition) is 8. The van der Waals surface area contributed by atoms with E-state index in [0.717, 1.165) is 0 Å². The molecule has 4 atom stereocenters. The molecular weight excluding hydrogens is 534 g/mol. The van der Waals surface area contributed by atoms with Crippen molar-refractivity contribution < 1.29 is 29.1 Å². The predicted molar refractivity (Wildman–Crippen MR) is 151 cm³/mol. The number of hydrogen-bond donors (Lipinski definition) is 9. The Morgan fingerprint density at radius 3 is 2.05 bits per heavy atom. The summed E-state index contributed by atoms with van der Waals surface area (Å²) in [6.07, 6.45) is 1.88. The Labute approximate surface area is 238 Å². The first kappa shape index (κ1) is 32.8. The van der Waals surface area contributed by atoms with Crippen molar-refractivity contribution in [3.05, 3.63) is 29.8 Å². The van der Waals surface area contributed by atoms with Crippen LogP contribution in [0.4, 0.5) is 0 Å². The molecule has 2 rings (SSSR count). The van der Waals surface area contributed by atoms with Gasteiger partial charge in [0.2, 0.25) is 29.5 Å². The van der Waals surface area contributed by atoms with E-state index in [0.29, 0.717) is 31.4 Å². The molecule has 5 amide bonds. The summed E-state index contributed by atoms with van der Waals surface area (Å²) < 4.78 is 0. The van der Waals surface area contributed by atoms with E-state index in [2.05, 4.69) is 31.6 Å². The largest absolute Gasteiger partial charge is 0.508 e. The van der Waals surface area contributed by atoms with Crippen LogP contribution in [-0.2, 0) is 30.4 Å². The number of guanidine groups is 1. The summed E-state index contributed by atoms with van der Waals surface area (Å²) in [5.74, 6) is -3.23. The number of aliphatic imine (C=N–C) groups is 1. The lowest BCUT2D eigenvalue weighted by molar-refractivity contribution is -0.134. The number of aromatic hydroxyl groups is 1. The van der Waals surface area contributed by atoms with Gasteiger partial charge in [-0.05, 0) is 63.3 Å². The molecule has 0 saturated carbocycles. The average molecular weight is 576 g/mol. The number of phenols is 1. The van der Waals surface area contributed by atoms with Crippen molar-refractivity contribution in [1.29, 1.82) is 0 Å². The molecule has 1 unspecified atom stereocenters. The normalized spacial score (nSPS) is 22.6. The number of carbonyl (C=O) groups excluding carboxylic acids is 5. The summed E-state index contributed by atoms with van der Waals surface area (Å²) in [6.45, 7) is 1.60. The molecule has 0 aliphatic carbocycles. The molecule has 15 nitrogen and oxygen atoms in total. The SMILES string of the molecule is C[C@@H]1NC(=O)CNC(=O)[C@H](CCCN=C(N)N)NC(=O)[C@H](CCCCN)NC(=O)C(Cc2ccc(O)cc2)NC1=O. The highest BCUT2D eigenvalue weighted by atomic mass is 16.3. The number of phenolic OH excluding ortho intramolecular Hbond substituents is 1. The molecule has 12 N–H and O–H groups in total. The van der Waals surface area contributed by atoms with Gasteiger partial charge in [-0.2, -0.15) is 0 Å². The van der Waals surface area contributed by atoms with Gasteiger partial charge in [0.05, 0.1) is 6.54 Å². The van der Waals surface area contributed by atoms with Crippen molar-refractivity contribution in [2.45, 2.75) is 69.6 Å². The molecule has 1 aliphatic rings. The van der Waals surface area contributed by atoms with E-state index in [1.807, 2.05) is 0 Å². The number of unbranched alkanes of at least 4 members (excludes halogenated alkanes) is 1. The van der Waals surface area contributed by atoms with Crippen molar-refractivity contribution in [1.82, 2.24) is 26.6 Å². The highest BCUT2D eigenvalue weighted by Gasteiger charge is 2.31. The minimum atomic E-state index is -1.11. The minimum absolute atomic E-state index is 0.0355. The van der Waals surface area contributed by atoms with Crippen molar-refractivity contribution in [3.63, 3.8) is 0 Å². The van der Waals surface area contributed by atoms with Crippen molar-refractivity contribution in [2.75, 3.05) is 19.6 Å². The van der Waals surface area contributed by atoms with E-state index in [-0.39, 0.29) is 37.5 Å². The number of nitrogens with one attached hydrogen (secondary N) is 5. The minimum Gasteiger partial charge on any atom is -0.508 e. The van der Waals surface area contributed by atoms with E-state index in [9.17, 15) is 29.1 Å². The van der Waals surface area contributed by atoms with Crippen LogP contribution in [0.3, 0.4) is 0 Å². The van der Waals surface area contributed by atoms with Crippen LogP contribution in [0.15, 0.2) is 29.3 Å². The van der Waals surface area contributed by atoms with Crippen LogP contribution in [0.2, 0.25) is 0 Å². The molecule has 1 fully saturated rings. The van der Waals surface area contributed by atoms with E-state index < -0.39 is 60.2 Å². The molecule has 1 aliphatic heterocycles. The summed E-state index contributed by atoms with van der Waals surface area (Å²) in [4.78, 5) is 69.0.